The first-order valence-electron chi connectivity index (χ1n) is 8.17. The lowest BCUT2D eigenvalue weighted by atomic mass is 9.89. The smallest absolute Gasteiger partial charge is 0.227 e. The maximum absolute atomic E-state index is 12.2. The van der Waals surface area contributed by atoms with E-state index in [1.54, 1.807) is 0 Å². The lowest BCUT2D eigenvalue weighted by Gasteiger charge is -2.38. The van der Waals surface area contributed by atoms with E-state index >= 15 is 0 Å². The largest absolute Gasteiger partial charge is 0.342 e. The van der Waals surface area contributed by atoms with Crippen molar-refractivity contribution in [3.8, 4) is 0 Å². The number of amides is 1. The minimum absolute atomic E-state index is 0.254. The number of nitrogens with zero attached hydrogens (tertiary/aromatic N) is 1. The highest BCUT2D eigenvalue weighted by Gasteiger charge is 2.31. The Labute approximate surface area is 123 Å². The van der Waals surface area contributed by atoms with Gasteiger partial charge in [0.2, 0.25) is 5.91 Å². The van der Waals surface area contributed by atoms with Gasteiger partial charge in [0.15, 0.2) is 0 Å². The Morgan fingerprint density at radius 3 is 2.30 bits per heavy atom. The first kappa shape index (κ1) is 15.8. The Hall–Kier alpha value is -0.610. The van der Waals surface area contributed by atoms with Crippen molar-refractivity contribution in [2.45, 2.75) is 77.4 Å². The van der Waals surface area contributed by atoms with Crippen LogP contribution in [0.2, 0.25) is 0 Å². The lowest BCUT2D eigenvalue weighted by molar-refractivity contribution is -0.140. The Morgan fingerprint density at radius 2 is 1.75 bits per heavy atom. The fraction of sp³-hybridized carbons (Fsp3) is 0.938. The molecule has 1 aliphatic heterocycles. The summed E-state index contributed by atoms with van der Waals surface area (Å²) in [7, 11) is 0. The van der Waals surface area contributed by atoms with Gasteiger partial charge in [-0.2, -0.15) is 0 Å². The maximum Gasteiger partial charge on any atom is 0.227 e. The molecule has 0 spiro atoms. The van der Waals surface area contributed by atoms with Gasteiger partial charge >= 0.3 is 0 Å². The summed E-state index contributed by atoms with van der Waals surface area (Å²) in [5.41, 5.74) is 5.79. The summed E-state index contributed by atoms with van der Waals surface area (Å²) in [4.78, 5) is 14.3. The van der Waals surface area contributed by atoms with Gasteiger partial charge < -0.3 is 16.0 Å². The minimum Gasteiger partial charge on any atom is -0.342 e. The van der Waals surface area contributed by atoms with E-state index in [4.69, 9.17) is 5.73 Å². The number of piperidine rings is 1. The molecule has 3 N–H and O–H groups in total. The standard InChI is InChI=1S/C16H31N3O/c1-16(2,3)15(20)19-9-7-13(8-10-19)18-14-6-4-5-12(17)11-14/h12-14,18H,4-11,17H2,1-3H3. The normalized spacial score (nSPS) is 29.5. The Bertz CT molecular complexity index is 329. The van der Waals surface area contributed by atoms with E-state index in [2.05, 4.69) is 5.32 Å². The molecule has 0 aromatic heterocycles. The molecular formula is C16H31N3O. The molecule has 1 saturated carbocycles. The predicted octanol–water partition coefficient (Wildman–Crippen LogP) is 1.88. The van der Waals surface area contributed by atoms with Crippen LogP contribution < -0.4 is 11.1 Å². The summed E-state index contributed by atoms with van der Waals surface area (Å²) in [6.07, 6.45) is 6.95. The number of nitrogens with one attached hydrogen (secondary N) is 1. The number of nitrogens with two attached hydrogens (primary N) is 1. The number of likely N-dealkylation sites (tertiary alicyclic amines) is 1. The van der Waals surface area contributed by atoms with Gasteiger partial charge in [0.1, 0.15) is 0 Å². The lowest BCUT2D eigenvalue weighted by Crippen LogP contribution is -2.51. The van der Waals surface area contributed by atoms with Gasteiger partial charge in [-0.1, -0.05) is 27.2 Å². The molecule has 2 fully saturated rings. The molecule has 20 heavy (non-hydrogen) atoms. The predicted molar refractivity (Wildman–Crippen MR) is 82.4 cm³/mol. The van der Waals surface area contributed by atoms with Crippen LogP contribution in [0.4, 0.5) is 0 Å². The highest BCUT2D eigenvalue weighted by atomic mass is 16.2. The molecule has 2 aliphatic rings. The molecule has 1 heterocycles. The van der Waals surface area contributed by atoms with Crippen LogP contribution in [0.5, 0.6) is 0 Å². The van der Waals surface area contributed by atoms with E-state index in [-0.39, 0.29) is 11.3 Å². The van der Waals surface area contributed by atoms with Crippen molar-refractivity contribution in [1.82, 2.24) is 10.2 Å². The van der Waals surface area contributed by atoms with Gasteiger partial charge in [0.25, 0.3) is 0 Å². The van der Waals surface area contributed by atoms with Crippen LogP contribution >= 0.6 is 0 Å². The summed E-state index contributed by atoms with van der Waals surface area (Å²) in [6, 6.07) is 1.53. The zero-order valence-corrected chi connectivity index (χ0v) is 13.3. The van der Waals surface area contributed by atoms with Gasteiger partial charge in [-0.05, 0) is 32.1 Å². The maximum atomic E-state index is 12.2. The van der Waals surface area contributed by atoms with Crippen molar-refractivity contribution >= 4 is 5.91 Å². The Kier molecular flexibility index (Phi) is 5.08. The molecule has 0 aromatic carbocycles. The third-order valence-electron chi connectivity index (χ3n) is 4.61. The highest BCUT2D eigenvalue weighted by Crippen LogP contribution is 2.23. The molecule has 1 aliphatic carbocycles. The number of hydrogen-bond acceptors (Lipinski definition) is 3. The van der Waals surface area contributed by atoms with Crippen LogP contribution in [-0.4, -0.2) is 42.0 Å². The van der Waals surface area contributed by atoms with Gasteiger partial charge in [0, 0.05) is 36.6 Å². The van der Waals surface area contributed by atoms with E-state index in [9.17, 15) is 4.79 Å². The second kappa shape index (κ2) is 6.44. The number of carbonyl (C=O) groups excluding carboxylic acids is 1. The molecule has 4 nitrogen and oxygen atoms in total. The molecule has 1 amide bonds. The van der Waals surface area contributed by atoms with Crippen LogP contribution in [0.3, 0.4) is 0 Å². The Morgan fingerprint density at radius 1 is 1.10 bits per heavy atom. The molecule has 0 aromatic rings. The van der Waals surface area contributed by atoms with Gasteiger partial charge in [-0.25, -0.2) is 0 Å². The van der Waals surface area contributed by atoms with E-state index < -0.39 is 0 Å². The van der Waals surface area contributed by atoms with Crippen molar-refractivity contribution in [3.05, 3.63) is 0 Å². The van der Waals surface area contributed by atoms with Crippen LogP contribution in [0.15, 0.2) is 0 Å². The SMILES string of the molecule is CC(C)(C)C(=O)N1CCC(NC2CCCC(N)C2)CC1. The van der Waals surface area contributed by atoms with E-state index in [1.165, 1.54) is 19.3 Å². The zero-order chi connectivity index (χ0) is 14.8. The topological polar surface area (TPSA) is 58.4 Å². The van der Waals surface area contributed by atoms with Crippen molar-refractivity contribution < 1.29 is 4.79 Å². The number of carbonyl (C=O) groups is 1. The van der Waals surface area contributed by atoms with E-state index in [0.717, 1.165) is 32.4 Å². The summed E-state index contributed by atoms with van der Waals surface area (Å²) < 4.78 is 0. The molecule has 2 unspecified atom stereocenters. The minimum atomic E-state index is -0.254. The first-order chi connectivity index (χ1) is 9.36. The zero-order valence-electron chi connectivity index (χ0n) is 13.3. The van der Waals surface area contributed by atoms with E-state index in [0.29, 0.717) is 18.1 Å². The highest BCUT2D eigenvalue weighted by molar-refractivity contribution is 5.81. The monoisotopic (exact) mass is 281 g/mol. The van der Waals surface area contributed by atoms with Crippen LogP contribution in [0, 0.1) is 5.41 Å². The molecule has 2 atom stereocenters. The molecule has 2 rings (SSSR count). The average molecular weight is 281 g/mol. The van der Waals surface area contributed by atoms with Gasteiger partial charge in [-0.3, -0.25) is 4.79 Å². The van der Waals surface area contributed by atoms with Crippen LogP contribution in [0.1, 0.15) is 59.3 Å². The second-order valence-electron chi connectivity index (χ2n) is 7.61. The first-order valence-corrected chi connectivity index (χ1v) is 8.17. The van der Waals surface area contributed by atoms with Crippen LogP contribution in [0.25, 0.3) is 0 Å². The summed E-state index contributed by atoms with van der Waals surface area (Å²) >= 11 is 0. The molecular weight excluding hydrogens is 250 g/mol. The van der Waals surface area contributed by atoms with Crippen molar-refractivity contribution in [3.63, 3.8) is 0 Å². The quantitative estimate of drug-likeness (QED) is 0.812. The molecule has 1 saturated heterocycles. The van der Waals surface area contributed by atoms with E-state index in [1.807, 2.05) is 25.7 Å². The Balaban J connectivity index is 1.75. The van der Waals surface area contributed by atoms with Gasteiger partial charge in [0.05, 0.1) is 0 Å². The van der Waals surface area contributed by atoms with Crippen LogP contribution in [-0.2, 0) is 4.79 Å². The summed E-state index contributed by atoms with van der Waals surface area (Å²) in [5.74, 6) is 0.288. The average Bonchev–Trinajstić information content (AvgIpc) is 2.38. The van der Waals surface area contributed by atoms with Crippen molar-refractivity contribution in [2.75, 3.05) is 13.1 Å². The summed E-state index contributed by atoms with van der Waals surface area (Å²) in [6.45, 7) is 7.80. The number of rotatable bonds is 2. The summed E-state index contributed by atoms with van der Waals surface area (Å²) in [5, 5.41) is 3.77. The molecule has 116 valence electrons. The van der Waals surface area contributed by atoms with Crippen molar-refractivity contribution in [1.29, 1.82) is 0 Å². The fourth-order valence-electron chi connectivity index (χ4n) is 3.44. The third kappa shape index (κ3) is 4.19. The van der Waals surface area contributed by atoms with Gasteiger partial charge in [-0.15, -0.1) is 0 Å². The van der Waals surface area contributed by atoms with Crippen molar-refractivity contribution in [2.24, 2.45) is 11.1 Å². The third-order valence-corrected chi connectivity index (χ3v) is 4.61. The number of hydrogen-bond donors (Lipinski definition) is 2. The molecule has 0 bridgehead atoms. The second-order valence-corrected chi connectivity index (χ2v) is 7.61. The molecule has 0 radical (unpaired) electrons. The molecule has 4 heteroatoms. The fourth-order valence-corrected chi connectivity index (χ4v) is 3.44.